The summed E-state index contributed by atoms with van der Waals surface area (Å²) >= 11 is 0. The van der Waals surface area contributed by atoms with Gasteiger partial charge in [-0.1, -0.05) is 0 Å². The zero-order valence-electron chi connectivity index (χ0n) is 13.0. The number of benzene rings is 1. The average Bonchev–Trinajstić information content (AvgIpc) is 2.55. The van der Waals surface area contributed by atoms with Gasteiger partial charge in [0.15, 0.2) is 17.3 Å². The van der Waals surface area contributed by atoms with Gasteiger partial charge in [-0.25, -0.2) is 0 Å². The third-order valence-electron chi connectivity index (χ3n) is 3.85. The monoisotopic (exact) mass is 330 g/mol. The maximum atomic E-state index is 12.3. The average molecular weight is 330 g/mol. The van der Waals surface area contributed by atoms with Crippen molar-refractivity contribution >= 4 is 17.3 Å². The highest BCUT2D eigenvalue weighted by Gasteiger charge is 2.36. The van der Waals surface area contributed by atoms with E-state index in [0.717, 1.165) is 12.2 Å². The number of Topliss-reactive ketones (excluding diaryl/α,β-unsaturated/α-hetero) is 1. The molecule has 1 aromatic rings. The summed E-state index contributed by atoms with van der Waals surface area (Å²) in [7, 11) is 2.70. The zero-order chi connectivity index (χ0) is 17.4. The summed E-state index contributed by atoms with van der Waals surface area (Å²) in [6, 6.07) is 2.76. The molecule has 124 valence electrons. The van der Waals surface area contributed by atoms with Crippen molar-refractivity contribution in [3.8, 4) is 17.2 Å². The van der Waals surface area contributed by atoms with Crippen LogP contribution in [0.2, 0.25) is 0 Å². The molecule has 0 fully saturated rings. The van der Waals surface area contributed by atoms with Gasteiger partial charge < -0.3 is 19.3 Å². The molecule has 3 rings (SSSR count). The van der Waals surface area contributed by atoms with Gasteiger partial charge in [-0.05, 0) is 0 Å². The summed E-state index contributed by atoms with van der Waals surface area (Å²) in [4.78, 5) is 36.4. The minimum Gasteiger partial charge on any atom is -0.507 e. The normalized spacial score (nSPS) is 19.9. The smallest absolute Gasteiger partial charge is 0.221 e. The van der Waals surface area contributed by atoms with E-state index in [1.807, 2.05) is 0 Å². The van der Waals surface area contributed by atoms with Crippen molar-refractivity contribution in [1.82, 2.24) is 0 Å². The topological polar surface area (TPSA) is 99.1 Å². The second-order valence-electron chi connectivity index (χ2n) is 5.29. The number of ketones is 3. The molecule has 0 amide bonds. The summed E-state index contributed by atoms with van der Waals surface area (Å²) < 4.78 is 15.5. The zero-order valence-corrected chi connectivity index (χ0v) is 13.0. The van der Waals surface area contributed by atoms with E-state index < -0.39 is 17.7 Å². The third-order valence-corrected chi connectivity index (χ3v) is 3.85. The summed E-state index contributed by atoms with van der Waals surface area (Å²) in [5, 5.41) is 9.95. The van der Waals surface area contributed by atoms with Crippen molar-refractivity contribution in [2.24, 2.45) is 0 Å². The van der Waals surface area contributed by atoms with E-state index in [2.05, 4.69) is 0 Å². The molecule has 2 aliphatic rings. The molecule has 1 aromatic carbocycles. The van der Waals surface area contributed by atoms with Crippen LogP contribution >= 0.6 is 0 Å². The summed E-state index contributed by atoms with van der Waals surface area (Å²) in [5.74, 6) is -1.22. The minimum atomic E-state index is -0.914. The van der Waals surface area contributed by atoms with Crippen molar-refractivity contribution in [2.45, 2.75) is 12.5 Å². The van der Waals surface area contributed by atoms with Crippen molar-refractivity contribution in [1.29, 1.82) is 0 Å². The number of methoxy groups -OCH3 is 2. The van der Waals surface area contributed by atoms with Gasteiger partial charge in [0.25, 0.3) is 0 Å². The van der Waals surface area contributed by atoms with Crippen molar-refractivity contribution in [3.63, 3.8) is 0 Å². The quantitative estimate of drug-likeness (QED) is 0.835. The second-order valence-corrected chi connectivity index (χ2v) is 5.29. The van der Waals surface area contributed by atoms with Gasteiger partial charge in [-0.3, -0.25) is 14.4 Å². The fourth-order valence-electron chi connectivity index (χ4n) is 2.67. The van der Waals surface area contributed by atoms with E-state index in [9.17, 15) is 19.5 Å². The van der Waals surface area contributed by atoms with Gasteiger partial charge in [-0.2, -0.15) is 0 Å². The Bertz CT molecular complexity index is 816. The van der Waals surface area contributed by atoms with E-state index in [-0.39, 0.29) is 40.6 Å². The first-order valence-electron chi connectivity index (χ1n) is 7.11. The molecule has 1 heterocycles. The Labute approximate surface area is 137 Å². The number of rotatable bonds is 3. The molecule has 0 aromatic heterocycles. The van der Waals surface area contributed by atoms with E-state index in [1.165, 1.54) is 26.4 Å². The molecule has 1 unspecified atom stereocenters. The van der Waals surface area contributed by atoms with E-state index in [0.29, 0.717) is 5.75 Å². The van der Waals surface area contributed by atoms with Gasteiger partial charge in [0.1, 0.15) is 28.9 Å². The Morgan fingerprint density at radius 3 is 2.50 bits per heavy atom. The van der Waals surface area contributed by atoms with Crippen LogP contribution in [0.5, 0.6) is 17.2 Å². The molecule has 7 nitrogen and oxygen atoms in total. The second kappa shape index (κ2) is 5.84. The maximum Gasteiger partial charge on any atom is 0.221 e. The molecule has 0 saturated heterocycles. The number of aromatic hydroxyl groups is 1. The Balaban J connectivity index is 1.97. The van der Waals surface area contributed by atoms with E-state index >= 15 is 0 Å². The van der Waals surface area contributed by atoms with Crippen LogP contribution in [-0.2, 0) is 14.3 Å². The summed E-state index contributed by atoms with van der Waals surface area (Å²) in [6.07, 6.45) is 1.12. The Morgan fingerprint density at radius 1 is 1.08 bits per heavy atom. The predicted octanol–water partition coefficient (Wildman–Crippen LogP) is 1.34. The lowest BCUT2D eigenvalue weighted by Gasteiger charge is -2.27. The first kappa shape index (κ1) is 15.8. The number of hydrogen-bond donors (Lipinski definition) is 1. The summed E-state index contributed by atoms with van der Waals surface area (Å²) in [6.45, 7) is 0. The molecular formula is C17H14O7. The van der Waals surface area contributed by atoms with Gasteiger partial charge >= 0.3 is 0 Å². The fourth-order valence-corrected chi connectivity index (χ4v) is 2.67. The minimum absolute atomic E-state index is 0.0374. The molecule has 24 heavy (non-hydrogen) atoms. The van der Waals surface area contributed by atoms with Crippen LogP contribution in [0.1, 0.15) is 16.8 Å². The lowest BCUT2D eigenvalue weighted by molar-refractivity contribution is -0.117. The molecule has 1 aliphatic heterocycles. The van der Waals surface area contributed by atoms with Gasteiger partial charge in [-0.15, -0.1) is 0 Å². The molecule has 7 heteroatoms. The van der Waals surface area contributed by atoms with Crippen LogP contribution in [0.3, 0.4) is 0 Å². The highest BCUT2D eigenvalue weighted by molar-refractivity contribution is 6.20. The Morgan fingerprint density at radius 2 is 1.83 bits per heavy atom. The van der Waals surface area contributed by atoms with Gasteiger partial charge in [0.2, 0.25) is 5.78 Å². The molecule has 0 radical (unpaired) electrons. The number of hydrogen-bond acceptors (Lipinski definition) is 7. The fraction of sp³-hybridized carbons (Fsp3) is 0.235. The lowest BCUT2D eigenvalue weighted by Crippen LogP contribution is -2.33. The number of phenols is 1. The van der Waals surface area contributed by atoms with Crippen molar-refractivity contribution in [2.75, 3.05) is 14.2 Å². The first-order valence-corrected chi connectivity index (χ1v) is 7.11. The van der Waals surface area contributed by atoms with Gasteiger partial charge in [0.05, 0.1) is 20.6 Å². The molecule has 1 atom stereocenters. The number of carbonyl (C=O) groups is 3. The first-order chi connectivity index (χ1) is 11.4. The van der Waals surface area contributed by atoms with Crippen molar-refractivity contribution in [3.05, 3.63) is 41.2 Å². The predicted molar refractivity (Wildman–Crippen MR) is 81.2 cm³/mol. The van der Waals surface area contributed by atoms with Crippen molar-refractivity contribution < 1.29 is 33.7 Å². The number of phenolic OH excluding ortho intramolecular Hbond substituents is 1. The van der Waals surface area contributed by atoms with Gasteiger partial charge in [0, 0.05) is 29.9 Å². The largest absolute Gasteiger partial charge is 0.507 e. The molecule has 0 bridgehead atoms. The number of carbonyl (C=O) groups excluding carboxylic acids is 3. The highest BCUT2D eigenvalue weighted by atomic mass is 16.5. The van der Waals surface area contributed by atoms with Crippen LogP contribution in [0.25, 0.3) is 0 Å². The van der Waals surface area contributed by atoms with Crippen LogP contribution < -0.4 is 9.47 Å². The lowest BCUT2D eigenvalue weighted by atomic mass is 9.90. The van der Waals surface area contributed by atoms with Crippen LogP contribution in [-0.4, -0.2) is 42.8 Å². The Kier molecular flexibility index (Phi) is 3.84. The van der Waals surface area contributed by atoms with Crippen LogP contribution in [0, 0.1) is 0 Å². The SMILES string of the molecule is COC1=CC(=O)C(C2CC(=O)c3c(O)cc(OC)cc3O2)=CC1=O. The van der Waals surface area contributed by atoms with Crippen LogP contribution in [0.4, 0.5) is 0 Å². The number of fused-ring (bicyclic) bond motifs is 1. The summed E-state index contributed by atoms with van der Waals surface area (Å²) in [5.41, 5.74) is 0.109. The standard InChI is InChI=1S/C17H14O7/c1-22-8-3-12(20)17-13(21)7-14(24-16(17)4-8)9-5-11(19)15(23-2)6-10(9)18/h3-6,14,20H,7H2,1-2H3. The molecular weight excluding hydrogens is 316 g/mol. The number of ether oxygens (including phenoxy) is 3. The van der Waals surface area contributed by atoms with E-state index in [1.54, 1.807) is 0 Å². The third kappa shape index (κ3) is 2.54. The molecule has 1 N–H and O–H groups in total. The Hall–Kier alpha value is -3.09. The number of allylic oxidation sites excluding steroid dienone is 2. The van der Waals surface area contributed by atoms with Crippen LogP contribution in [0.15, 0.2) is 35.6 Å². The maximum absolute atomic E-state index is 12.3. The van der Waals surface area contributed by atoms with E-state index in [4.69, 9.17) is 14.2 Å². The molecule has 0 saturated carbocycles. The molecule has 1 aliphatic carbocycles. The highest BCUT2D eigenvalue weighted by Crippen LogP contribution is 2.39. The molecule has 0 spiro atoms.